The van der Waals surface area contributed by atoms with Crippen molar-refractivity contribution in [2.75, 3.05) is 12.9 Å². The summed E-state index contributed by atoms with van der Waals surface area (Å²) in [7, 11) is 0. The smallest absolute Gasteiger partial charge is 0.312 e. The summed E-state index contributed by atoms with van der Waals surface area (Å²) >= 11 is 1.68. The van der Waals surface area contributed by atoms with Crippen LogP contribution in [0.3, 0.4) is 0 Å². The number of hydrogen-bond donors (Lipinski definition) is 1. The Morgan fingerprint density at radius 2 is 1.88 bits per heavy atom. The van der Waals surface area contributed by atoms with Crippen molar-refractivity contribution < 1.29 is 23.9 Å². The van der Waals surface area contributed by atoms with E-state index >= 15 is 0 Å². The van der Waals surface area contributed by atoms with Gasteiger partial charge in [-0.3, -0.25) is 4.79 Å². The molecule has 0 amide bonds. The largest absolute Gasteiger partial charge is 0.487 e. The lowest BCUT2D eigenvalue weighted by atomic mass is 9.95. The van der Waals surface area contributed by atoms with Crippen molar-refractivity contribution >= 4 is 23.4 Å². The highest BCUT2D eigenvalue weighted by Crippen LogP contribution is 2.25. The van der Waals surface area contributed by atoms with Gasteiger partial charge in [-0.15, -0.1) is 11.8 Å². The fourth-order valence-corrected chi connectivity index (χ4v) is 3.58. The second-order valence-electron chi connectivity index (χ2n) is 7.43. The minimum Gasteiger partial charge on any atom is -0.487 e. The second kappa shape index (κ2) is 11.6. The first-order chi connectivity index (χ1) is 15.9. The van der Waals surface area contributed by atoms with E-state index in [-0.39, 0.29) is 6.61 Å². The third-order valence-corrected chi connectivity index (χ3v) is 5.85. The van der Waals surface area contributed by atoms with Crippen LogP contribution in [0.25, 0.3) is 11.5 Å². The molecule has 1 aromatic heterocycles. The van der Waals surface area contributed by atoms with Crippen molar-refractivity contribution in [1.82, 2.24) is 4.98 Å². The molecule has 0 radical (unpaired) electrons. The molecule has 174 valence electrons. The van der Waals surface area contributed by atoms with Crippen LogP contribution in [-0.2, 0) is 22.7 Å². The number of oxazole rings is 1. The van der Waals surface area contributed by atoms with Gasteiger partial charge in [0.2, 0.25) is 5.89 Å². The number of aliphatic carboxylic acids is 1. The molecular weight excluding hydrogens is 440 g/mol. The Kier molecular flexibility index (Phi) is 8.54. The van der Waals surface area contributed by atoms with Gasteiger partial charge in [0.05, 0.1) is 5.71 Å². The van der Waals surface area contributed by atoms with E-state index in [0.29, 0.717) is 36.1 Å². The van der Waals surface area contributed by atoms with Gasteiger partial charge in [-0.2, -0.15) is 0 Å². The molecule has 2 aromatic carbocycles. The summed E-state index contributed by atoms with van der Waals surface area (Å²) in [4.78, 5) is 22.4. The lowest BCUT2D eigenvalue weighted by molar-refractivity contribution is -0.139. The molecule has 0 aliphatic rings. The average molecular weight is 469 g/mol. The highest BCUT2D eigenvalue weighted by molar-refractivity contribution is 7.98. The van der Waals surface area contributed by atoms with Crippen LogP contribution in [0.4, 0.5) is 0 Å². The Labute approximate surface area is 197 Å². The first kappa shape index (κ1) is 24.4. The van der Waals surface area contributed by atoms with Crippen LogP contribution >= 0.6 is 11.8 Å². The second-order valence-corrected chi connectivity index (χ2v) is 8.31. The number of nitrogens with zero attached hydrogens (tertiary/aromatic N) is 2. The van der Waals surface area contributed by atoms with E-state index in [9.17, 15) is 9.90 Å². The third kappa shape index (κ3) is 6.61. The number of carboxylic acid groups (broad SMARTS) is 1. The zero-order valence-electron chi connectivity index (χ0n) is 19.2. The van der Waals surface area contributed by atoms with Crippen LogP contribution in [0.15, 0.2) is 63.0 Å². The van der Waals surface area contributed by atoms with Gasteiger partial charge in [0, 0.05) is 10.5 Å². The van der Waals surface area contributed by atoms with E-state index in [4.69, 9.17) is 14.0 Å². The lowest BCUT2D eigenvalue weighted by Crippen LogP contribution is -2.24. The van der Waals surface area contributed by atoms with E-state index in [0.717, 1.165) is 16.8 Å². The fraction of sp³-hybridized carbons (Fsp3) is 0.320. The number of hydrogen-bond acceptors (Lipinski definition) is 7. The van der Waals surface area contributed by atoms with Crippen molar-refractivity contribution in [3.8, 4) is 17.2 Å². The van der Waals surface area contributed by atoms with E-state index in [1.807, 2.05) is 61.7 Å². The van der Waals surface area contributed by atoms with Crippen molar-refractivity contribution in [3.63, 3.8) is 0 Å². The van der Waals surface area contributed by atoms with Crippen LogP contribution in [0.1, 0.15) is 30.9 Å². The van der Waals surface area contributed by atoms with Gasteiger partial charge in [-0.1, -0.05) is 17.3 Å². The zero-order chi connectivity index (χ0) is 23.8. The number of benzene rings is 2. The Morgan fingerprint density at radius 1 is 1.18 bits per heavy atom. The fourth-order valence-electron chi connectivity index (χ4n) is 3.17. The molecule has 1 atom stereocenters. The molecular formula is C25H28N2O5S. The first-order valence-corrected chi connectivity index (χ1v) is 11.9. The number of aromatic nitrogens is 1. The van der Waals surface area contributed by atoms with Crippen LogP contribution in [-0.4, -0.2) is 34.6 Å². The van der Waals surface area contributed by atoms with Gasteiger partial charge < -0.3 is 19.1 Å². The molecule has 0 aliphatic heterocycles. The highest BCUT2D eigenvalue weighted by atomic mass is 32.2. The Bertz CT molecular complexity index is 1090. The molecule has 0 saturated carbocycles. The van der Waals surface area contributed by atoms with Gasteiger partial charge in [-0.05, 0) is 75.4 Å². The summed E-state index contributed by atoms with van der Waals surface area (Å²) in [5, 5.41) is 13.4. The summed E-state index contributed by atoms with van der Waals surface area (Å²) in [5.74, 6) is 0.265. The Balaban J connectivity index is 1.62. The van der Waals surface area contributed by atoms with E-state index < -0.39 is 11.9 Å². The number of oxime groups is 1. The number of carboxylic acids is 1. The van der Waals surface area contributed by atoms with Crippen molar-refractivity contribution in [3.05, 3.63) is 65.5 Å². The monoisotopic (exact) mass is 468 g/mol. The maximum absolute atomic E-state index is 11.6. The summed E-state index contributed by atoms with van der Waals surface area (Å²) < 4.78 is 11.7. The lowest BCUT2D eigenvalue weighted by Gasteiger charge is -2.12. The Hall–Kier alpha value is -3.26. The molecule has 7 nitrogen and oxygen atoms in total. The highest BCUT2D eigenvalue weighted by Gasteiger charge is 2.22. The molecule has 0 aliphatic carbocycles. The standard InChI is InChI=1S/C25H28N2O5S/c1-5-31-27-16(2)22(25(28)29)14-18-6-10-20(11-7-18)30-15-23-17(3)32-24(26-23)19-8-12-21(33-4)13-9-19/h6-13,22H,5,14-15H2,1-4H3,(H,28,29). The van der Waals surface area contributed by atoms with Crippen LogP contribution in [0, 0.1) is 12.8 Å². The van der Waals surface area contributed by atoms with Gasteiger partial charge in [0.1, 0.15) is 36.3 Å². The minimum absolute atomic E-state index is 0.273. The predicted molar refractivity (Wildman–Crippen MR) is 129 cm³/mol. The molecule has 8 heteroatoms. The summed E-state index contributed by atoms with van der Waals surface area (Å²) in [5.41, 5.74) is 2.96. The number of rotatable bonds is 11. The minimum atomic E-state index is -0.934. The number of ether oxygens (including phenoxy) is 1. The first-order valence-electron chi connectivity index (χ1n) is 10.6. The molecule has 1 N–H and O–H groups in total. The number of aryl methyl sites for hydroxylation is 1. The Morgan fingerprint density at radius 3 is 2.48 bits per heavy atom. The zero-order valence-corrected chi connectivity index (χ0v) is 20.0. The molecule has 0 spiro atoms. The number of carbonyl (C=O) groups is 1. The maximum atomic E-state index is 11.6. The predicted octanol–water partition coefficient (Wildman–Crippen LogP) is 5.61. The third-order valence-electron chi connectivity index (χ3n) is 5.11. The molecule has 3 rings (SSSR count). The van der Waals surface area contributed by atoms with E-state index in [2.05, 4.69) is 10.1 Å². The molecule has 33 heavy (non-hydrogen) atoms. The molecule has 0 bridgehead atoms. The topological polar surface area (TPSA) is 94.2 Å². The molecule has 0 saturated heterocycles. The summed E-state index contributed by atoms with van der Waals surface area (Å²) in [6, 6.07) is 15.4. The molecule has 1 unspecified atom stereocenters. The maximum Gasteiger partial charge on any atom is 0.312 e. The van der Waals surface area contributed by atoms with Crippen molar-refractivity contribution in [2.24, 2.45) is 11.1 Å². The summed E-state index contributed by atoms with van der Waals surface area (Å²) in [6.45, 7) is 6.00. The number of thioether (sulfide) groups is 1. The van der Waals surface area contributed by atoms with Gasteiger partial charge in [0.25, 0.3) is 0 Å². The normalized spacial score (nSPS) is 12.4. The SMILES string of the molecule is CCON=C(C)C(Cc1ccc(OCc2nc(-c3ccc(SC)cc3)oc2C)cc1)C(=O)O. The van der Waals surface area contributed by atoms with E-state index in [1.54, 1.807) is 25.6 Å². The quantitative estimate of drug-likeness (QED) is 0.222. The van der Waals surface area contributed by atoms with Crippen LogP contribution in [0.5, 0.6) is 5.75 Å². The van der Waals surface area contributed by atoms with Gasteiger partial charge in [-0.25, -0.2) is 4.98 Å². The van der Waals surface area contributed by atoms with E-state index in [1.165, 1.54) is 4.90 Å². The van der Waals surface area contributed by atoms with Crippen LogP contribution in [0.2, 0.25) is 0 Å². The average Bonchev–Trinajstić information content (AvgIpc) is 3.20. The summed E-state index contributed by atoms with van der Waals surface area (Å²) in [6.07, 6.45) is 2.35. The van der Waals surface area contributed by atoms with Gasteiger partial charge in [0.15, 0.2) is 0 Å². The molecule has 0 fully saturated rings. The van der Waals surface area contributed by atoms with Crippen LogP contribution < -0.4 is 4.74 Å². The van der Waals surface area contributed by atoms with Gasteiger partial charge >= 0.3 is 5.97 Å². The molecule has 1 heterocycles. The molecule has 3 aromatic rings. The van der Waals surface area contributed by atoms with Crippen molar-refractivity contribution in [1.29, 1.82) is 0 Å². The van der Waals surface area contributed by atoms with Crippen molar-refractivity contribution in [2.45, 2.75) is 38.7 Å².